The van der Waals surface area contributed by atoms with Crippen LogP contribution < -0.4 is 27.1 Å². The number of rotatable bonds is 13. The summed E-state index contributed by atoms with van der Waals surface area (Å²) in [4.78, 5) is 29.4. The van der Waals surface area contributed by atoms with Crippen LogP contribution in [0.3, 0.4) is 0 Å². The number of fused-ring (bicyclic) bond motifs is 1. The van der Waals surface area contributed by atoms with E-state index in [2.05, 4.69) is 34.0 Å². The molecule has 2 atom stereocenters. The first kappa shape index (κ1) is 31.8. The molecule has 0 saturated heterocycles. The van der Waals surface area contributed by atoms with E-state index in [1.807, 2.05) is 24.3 Å². The second-order valence-electron chi connectivity index (χ2n) is 9.51. The van der Waals surface area contributed by atoms with Gasteiger partial charge in [0.05, 0.1) is 38.5 Å². The number of anilines is 1. The fourth-order valence-electron chi connectivity index (χ4n) is 4.16. The van der Waals surface area contributed by atoms with E-state index in [1.54, 1.807) is 12.3 Å². The highest BCUT2D eigenvalue weighted by Crippen LogP contribution is 2.29. The third-order valence-corrected chi connectivity index (χ3v) is 8.24. The van der Waals surface area contributed by atoms with Gasteiger partial charge in [0.1, 0.15) is 17.5 Å². The Morgan fingerprint density at radius 3 is 2.37 bits per heavy atom. The van der Waals surface area contributed by atoms with Crippen molar-refractivity contribution >= 4 is 38.4 Å². The molecule has 1 heterocycles. The normalized spacial score (nSPS) is 13.6. The fraction of sp³-hybridized carbons (Fsp3) is 0.333. The van der Waals surface area contributed by atoms with Crippen molar-refractivity contribution in [2.24, 2.45) is 0 Å². The van der Waals surface area contributed by atoms with Gasteiger partial charge in [0, 0.05) is 17.9 Å². The number of hydrogen-bond donors (Lipinski definition) is 4. The molecule has 0 saturated carbocycles. The number of halogens is 3. The van der Waals surface area contributed by atoms with Crippen LogP contribution in [0.1, 0.15) is 17.5 Å². The summed E-state index contributed by atoms with van der Waals surface area (Å²) in [7, 11) is -3.88. The molecule has 0 radical (unpaired) electrons. The summed E-state index contributed by atoms with van der Waals surface area (Å²) >= 11 is 0. The van der Waals surface area contributed by atoms with Gasteiger partial charge in [0.15, 0.2) is 12.2 Å². The Bertz CT molecular complexity index is 1450. The summed E-state index contributed by atoms with van der Waals surface area (Å²) in [5.74, 6) is -2.05. The van der Waals surface area contributed by atoms with E-state index < -0.39 is 51.4 Å². The average Bonchev–Trinajstić information content (AvgIpc) is 2.92. The van der Waals surface area contributed by atoms with Crippen molar-refractivity contribution in [3.05, 3.63) is 78.8 Å². The van der Waals surface area contributed by atoms with Gasteiger partial charge in [-0.05, 0) is 29.8 Å². The second-order valence-corrected chi connectivity index (χ2v) is 11.5. The van der Waals surface area contributed by atoms with Crippen molar-refractivity contribution in [3.8, 4) is 0 Å². The molecule has 0 fully saturated rings. The van der Waals surface area contributed by atoms with Crippen LogP contribution in [0.25, 0.3) is 10.9 Å². The Morgan fingerprint density at radius 2 is 1.73 bits per heavy atom. The molecule has 9 N–H and O–H groups in total. The molecular formula is C27H35F3N6O4S+4. The third kappa shape index (κ3) is 8.88. The number of alkyl halides is 3. The Hall–Kier alpha value is -3.72. The van der Waals surface area contributed by atoms with Crippen molar-refractivity contribution in [3.63, 3.8) is 0 Å². The van der Waals surface area contributed by atoms with Crippen LogP contribution in [0.15, 0.2) is 60.8 Å². The lowest BCUT2D eigenvalue weighted by molar-refractivity contribution is -0.397. The first-order valence-electron chi connectivity index (χ1n) is 12.9. The van der Waals surface area contributed by atoms with Crippen molar-refractivity contribution in [2.45, 2.75) is 31.1 Å². The SMILES string of the molecule is [CH2+]CCN(CC[NH3+])S(=O)(=O)CC([NH3+])C(=O)NC(Cc1ccc(C(F)(F)F)cc1)C(=O)Nc1c[nH+]c2ccccc2c1. The van der Waals surface area contributed by atoms with E-state index in [4.69, 9.17) is 0 Å². The molecule has 220 valence electrons. The summed E-state index contributed by atoms with van der Waals surface area (Å²) in [6.45, 7) is 4.32. The first-order valence-corrected chi connectivity index (χ1v) is 14.5. The van der Waals surface area contributed by atoms with Crippen LogP contribution in [-0.4, -0.2) is 62.0 Å². The van der Waals surface area contributed by atoms with Gasteiger partial charge in [-0.1, -0.05) is 24.3 Å². The molecule has 3 aromatic rings. The molecule has 3 rings (SSSR count). The van der Waals surface area contributed by atoms with Gasteiger partial charge in [-0.25, -0.2) is 13.4 Å². The standard InChI is InChI=1S/C27H31F3N6O4S/c1-2-12-36(13-11-31)41(39,40)17-22(32)25(37)35-24(14-18-7-9-20(10-8-18)27(28,29)30)26(38)34-21-15-19-5-3-4-6-23(19)33-16-21/h3-10,15-16,22,24H,1-2,11-14,17,31-32H2,(H-,34,35,37,38)/p+4. The average molecular weight is 597 g/mol. The largest absolute Gasteiger partial charge is 0.416 e. The Morgan fingerprint density at radius 1 is 1.05 bits per heavy atom. The second kappa shape index (κ2) is 13.8. The summed E-state index contributed by atoms with van der Waals surface area (Å²) in [6, 6.07) is 10.8. The molecule has 41 heavy (non-hydrogen) atoms. The van der Waals surface area contributed by atoms with Crippen molar-refractivity contribution < 1.29 is 47.6 Å². The predicted octanol–water partition coefficient (Wildman–Crippen LogP) is 0.0471. The topological polar surface area (TPSA) is 165 Å². The maximum Gasteiger partial charge on any atom is 0.416 e. The van der Waals surface area contributed by atoms with E-state index in [-0.39, 0.29) is 19.5 Å². The number of hydrogen-bond acceptors (Lipinski definition) is 4. The van der Waals surface area contributed by atoms with E-state index >= 15 is 0 Å². The molecule has 14 heteroatoms. The molecule has 10 nitrogen and oxygen atoms in total. The number of nitrogens with one attached hydrogen (secondary N) is 3. The molecule has 0 aliphatic heterocycles. The van der Waals surface area contributed by atoms with Gasteiger partial charge in [0.2, 0.25) is 21.4 Å². The summed E-state index contributed by atoms with van der Waals surface area (Å²) in [6.07, 6.45) is -2.79. The van der Waals surface area contributed by atoms with E-state index in [0.29, 0.717) is 24.2 Å². The lowest BCUT2D eigenvalue weighted by Crippen LogP contribution is -2.72. The molecule has 2 unspecified atom stereocenters. The Balaban J connectivity index is 1.81. The predicted molar refractivity (Wildman–Crippen MR) is 146 cm³/mol. The van der Waals surface area contributed by atoms with Crippen LogP contribution in [-0.2, 0) is 32.2 Å². The minimum Gasteiger partial charge on any atom is -0.356 e. The maximum absolute atomic E-state index is 13.3. The van der Waals surface area contributed by atoms with Crippen LogP contribution in [0.5, 0.6) is 0 Å². The van der Waals surface area contributed by atoms with Crippen LogP contribution in [0, 0.1) is 6.92 Å². The number of sulfonamides is 1. The lowest BCUT2D eigenvalue weighted by Gasteiger charge is -2.22. The molecule has 2 aromatic carbocycles. The zero-order valence-corrected chi connectivity index (χ0v) is 23.2. The Labute approximate surface area is 236 Å². The number of pyridine rings is 1. The molecule has 2 amide bonds. The number of H-pyrrole nitrogens is 1. The number of carbonyl (C=O) groups excluding carboxylic acids is 2. The molecule has 0 bridgehead atoms. The number of amides is 2. The van der Waals surface area contributed by atoms with Crippen molar-refractivity contribution in [2.75, 3.05) is 30.7 Å². The quantitative estimate of drug-likeness (QED) is 0.205. The molecule has 0 spiro atoms. The first-order chi connectivity index (χ1) is 19.3. The minimum absolute atomic E-state index is 0.151. The number of aromatic amines is 1. The molecule has 1 aromatic heterocycles. The van der Waals surface area contributed by atoms with Gasteiger partial charge < -0.3 is 22.1 Å². The van der Waals surface area contributed by atoms with Gasteiger partial charge in [-0.3, -0.25) is 9.59 Å². The number of carbonyl (C=O) groups is 2. The smallest absolute Gasteiger partial charge is 0.356 e. The third-order valence-electron chi connectivity index (χ3n) is 6.27. The summed E-state index contributed by atoms with van der Waals surface area (Å²) in [5, 5.41) is 6.06. The highest BCUT2D eigenvalue weighted by Gasteiger charge is 2.33. The van der Waals surface area contributed by atoms with Crippen molar-refractivity contribution in [1.82, 2.24) is 9.62 Å². The van der Waals surface area contributed by atoms with E-state index in [1.165, 1.54) is 16.4 Å². The maximum atomic E-state index is 13.3. The number of benzene rings is 2. The summed E-state index contributed by atoms with van der Waals surface area (Å²) < 4.78 is 66.0. The van der Waals surface area contributed by atoms with Crippen LogP contribution >= 0.6 is 0 Å². The van der Waals surface area contributed by atoms with E-state index in [0.717, 1.165) is 23.0 Å². The highest BCUT2D eigenvalue weighted by molar-refractivity contribution is 7.89. The zero-order chi connectivity index (χ0) is 30.2. The lowest BCUT2D eigenvalue weighted by atomic mass is 10.0. The molecule has 0 aliphatic rings. The van der Waals surface area contributed by atoms with Gasteiger partial charge >= 0.3 is 6.18 Å². The number of aromatic nitrogens is 1. The van der Waals surface area contributed by atoms with Crippen LogP contribution in [0.4, 0.5) is 18.9 Å². The number of nitrogens with zero attached hydrogens (tertiary/aromatic N) is 1. The Kier molecular flexibility index (Phi) is 10.7. The minimum atomic E-state index is -4.53. The number of quaternary nitrogens is 2. The van der Waals surface area contributed by atoms with Gasteiger partial charge in [0.25, 0.3) is 5.91 Å². The zero-order valence-electron chi connectivity index (χ0n) is 22.4. The molecular weight excluding hydrogens is 561 g/mol. The molecule has 0 aliphatic carbocycles. The van der Waals surface area contributed by atoms with Crippen LogP contribution in [0.2, 0.25) is 0 Å². The van der Waals surface area contributed by atoms with Crippen molar-refractivity contribution in [1.29, 1.82) is 0 Å². The van der Waals surface area contributed by atoms with E-state index in [9.17, 15) is 31.2 Å². The fourth-order valence-corrected chi connectivity index (χ4v) is 5.85. The van der Waals surface area contributed by atoms with Gasteiger partial charge in [-0.15, -0.1) is 0 Å². The summed E-state index contributed by atoms with van der Waals surface area (Å²) in [5.41, 5.74) is 8.09. The number of para-hydroxylation sites is 1. The monoisotopic (exact) mass is 596 g/mol. The highest BCUT2D eigenvalue weighted by atomic mass is 32.2. The van der Waals surface area contributed by atoms with Gasteiger partial charge in [-0.2, -0.15) is 17.5 Å².